The number of carbonyl (C=O) groups is 8. The van der Waals surface area contributed by atoms with Gasteiger partial charge in [-0.2, -0.15) is 11.8 Å². The number of ether oxygens (including phenoxy) is 3. The van der Waals surface area contributed by atoms with Crippen molar-refractivity contribution in [3.63, 3.8) is 0 Å². The maximum atomic E-state index is 15.6. The molecule has 558 valence electrons. The number of hydrogen-bond acceptors (Lipinski definition) is 20. The molecule has 12 rings (SSSR count). The van der Waals surface area contributed by atoms with Crippen LogP contribution in [0.1, 0.15) is 131 Å². The number of carboxylic acid groups (broad SMARTS) is 1. The first-order chi connectivity index (χ1) is 49.9. The standard InChI is InChI=1S/C78H98N8O15S3/c1-8-74(97)40-47-41-77(72(95)100-7,66-54(25-30-85(43-47)45-74)53-22-14-15-23-58(53)80-66)57-38-56-60(39-63(57)99-6)84(5)69-76(56)28-31-86-29-17-27-75(9-2,68(76)86)70(93)78(69,98)71(94)82-83-73(96)101-32-35-104-103-33-16-24-61(87)59(81-67(92)48(37-65(90)91)36-62(88)46(3)4)42-79-64(89)26-34-102-44-55-51-20-12-10-18-49(51)50-19-11-13-21-52(50)55/h10-15,17-23,27,38-39,46-48,55,59,68-70,80,93,97-98H,8-9,16,24-26,28-37,40-45H2,1-7H3,(H,79,89)(H,81,92)(H,82,94)(H,83,96)(H,90,91)/t47-,48+,59+,68+,69-,70-,74+,75-,76-,77+,78+/m1/s1. The summed E-state index contributed by atoms with van der Waals surface area (Å²) in [5, 5.41) is 55.0. The molecule has 104 heavy (non-hydrogen) atoms. The molecular weight excluding hydrogens is 1390 g/mol. The number of para-hydroxylation sites is 1. The number of ketones is 2. The lowest BCUT2D eigenvalue weighted by atomic mass is 9.47. The number of carboxylic acids is 1. The molecule has 4 amide bonds. The highest BCUT2D eigenvalue weighted by molar-refractivity contribution is 8.76. The Kier molecular flexibility index (Phi) is 23.1. The summed E-state index contributed by atoms with van der Waals surface area (Å²) in [4.78, 5) is 120. The number of piperidine rings is 1. The number of carbonyl (C=O) groups excluding carboxylic acids is 7. The van der Waals surface area contributed by atoms with Gasteiger partial charge in [0.2, 0.25) is 11.8 Å². The fraction of sp³-hybridized carbons (Fsp3) is 0.538. The number of aromatic amines is 1. The number of rotatable bonds is 29. The zero-order valence-corrected chi connectivity index (χ0v) is 62.7. The van der Waals surface area contributed by atoms with Crippen LogP contribution in [0.4, 0.5) is 10.5 Å². The second-order valence-corrected chi connectivity index (χ2v) is 33.4. The highest BCUT2D eigenvalue weighted by atomic mass is 33.1. The van der Waals surface area contributed by atoms with Gasteiger partial charge in [0.15, 0.2) is 11.4 Å². The maximum absolute atomic E-state index is 15.6. The number of aliphatic hydroxyl groups excluding tert-OH is 1. The Morgan fingerprint density at radius 1 is 0.808 bits per heavy atom. The molecule has 2 aliphatic carbocycles. The minimum absolute atomic E-state index is 0.00964. The van der Waals surface area contributed by atoms with Crippen molar-refractivity contribution in [2.45, 2.75) is 151 Å². The molecule has 7 aliphatic rings. The van der Waals surface area contributed by atoms with E-state index in [-0.39, 0.29) is 68.1 Å². The second-order valence-electron chi connectivity index (χ2n) is 29.6. The number of benzene rings is 4. The van der Waals surface area contributed by atoms with Crippen LogP contribution in [0.2, 0.25) is 0 Å². The molecule has 12 atom stereocenters. The maximum Gasteiger partial charge on any atom is 0.426 e. The monoisotopic (exact) mass is 1480 g/mol. The van der Waals surface area contributed by atoms with Gasteiger partial charge in [-0.3, -0.25) is 48.8 Å². The molecule has 1 saturated carbocycles. The summed E-state index contributed by atoms with van der Waals surface area (Å²) < 4.78 is 17.9. The number of esters is 1. The Morgan fingerprint density at radius 3 is 2.23 bits per heavy atom. The number of H-pyrrole nitrogens is 1. The minimum Gasteiger partial charge on any atom is -0.496 e. The lowest BCUT2D eigenvalue weighted by Crippen LogP contribution is -2.82. The predicted molar refractivity (Wildman–Crippen MR) is 401 cm³/mol. The summed E-state index contributed by atoms with van der Waals surface area (Å²) in [5.74, 6) is -3.96. The Labute approximate surface area is 619 Å². The van der Waals surface area contributed by atoms with E-state index >= 15 is 9.59 Å². The molecule has 4 aromatic carbocycles. The molecule has 0 radical (unpaired) electrons. The van der Waals surface area contributed by atoms with Gasteiger partial charge >= 0.3 is 18.0 Å². The number of likely N-dealkylation sites (N-methyl/N-ethyl adjacent to an activating group) is 1. The lowest BCUT2D eigenvalue weighted by molar-refractivity contribution is -0.204. The van der Waals surface area contributed by atoms with E-state index in [0.717, 1.165) is 27.8 Å². The van der Waals surface area contributed by atoms with Crippen molar-refractivity contribution in [3.8, 4) is 16.9 Å². The van der Waals surface area contributed by atoms with Crippen LogP contribution in [-0.4, -0.2) is 208 Å². The lowest BCUT2D eigenvalue weighted by Gasteiger charge is -2.63. The molecule has 1 aromatic heterocycles. The summed E-state index contributed by atoms with van der Waals surface area (Å²) in [7, 11) is 7.49. The summed E-state index contributed by atoms with van der Waals surface area (Å²) in [6.45, 7) is 9.77. The van der Waals surface area contributed by atoms with E-state index in [1.54, 1.807) is 39.8 Å². The number of hydrogen-bond donors (Lipinski definition) is 9. The number of fused-ring (bicyclic) bond motifs is 9. The second kappa shape index (κ2) is 31.6. The van der Waals surface area contributed by atoms with Gasteiger partial charge in [-0.05, 0) is 103 Å². The van der Waals surface area contributed by atoms with Crippen molar-refractivity contribution in [2.24, 2.45) is 23.2 Å². The molecule has 9 N–H and O–H groups in total. The molecule has 2 bridgehead atoms. The first-order valence-electron chi connectivity index (χ1n) is 36.4. The summed E-state index contributed by atoms with van der Waals surface area (Å²) >= 11 is 1.65. The number of amides is 4. The number of nitrogens with zero attached hydrogens (tertiary/aromatic N) is 3. The fourth-order valence-electron chi connectivity index (χ4n) is 18.6. The van der Waals surface area contributed by atoms with E-state index in [4.69, 9.17) is 14.2 Å². The highest BCUT2D eigenvalue weighted by Gasteiger charge is 2.79. The van der Waals surface area contributed by atoms with Gasteiger partial charge in [-0.15, -0.1) is 0 Å². The third-order valence-corrected chi connectivity index (χ3v) is 26.9. The van der Waals surface area contributed by atoms with E-state index in [9.17, 15) is 49.2 Å². The minimum atomic E-state index is -2.61. The van der Waals surface area contributed by atoms with Gasteiger partial charge in [0.25, 0.3) is 5.91 Å². The van der Waals surface area contributed by atoms with Gasteiger partial charge in [-0.1, -0.05) is 128 Å². The molecule has 5 aliphatic heterocycles. The third kappa shape index (κ3) is 14.1. The summed E-state index contributed by atoms with van der Waals surface area (Å²) in [6.07, 6.45) is 3.25. The summed E-state index contributed by atoms with van der Waals surface area (Å²) in [6, 6.07) is 25.8. The number of thioether (sulfide) groups is 1. The van der Waals surface area contributed by atoms with Crippen LogP contribution >= 0.6 is 33.3 Å². The first kappa shape index (κ1) is 76.2. The van der Waals surface area contributed by atoms with Gasteiger partial charge < -0.3 is 55.2 Å². The van der Waals surface area contributed by atoms with Gasteiger partial charge in [0, 0.05) is 145 Å². The van der Waals surface area contributed by atoms with Crippen LogP contribution in [-0.2, 0) is 60.3 Å². The van der Waals surface area contributed by atoms with Crippen molar-refractivity contribution in [1.82, 2.24) is 36.3 Å². The van der Waals surface area contributed by atoms with Crippen LogP contribution in [0.5, 0.6) is 5.75 Å². The normalized spacial score (nSPS) is 27.0. The van der Waals surface area contributed by atoms with Crippen molar-refractivity contribution >= 4 is 97.3 Å². The van der Waals surface area contributed by atoms with Gasteiger partial charge in [0.05, 0.1) is 38.2 Å². The van der Waals surface area contributed by atoms with Crippen LogP contribution in [0.25, 0.3) is 22.0 Å². The van der Waals surface area contributed by atoms with Crippen LogP contribution in [0.15, 0.2) is 97.1 Å². The van der Waals surface area contributed by atoms with E-state index in [2.05, 4.69) is 66.6 Å². The molecule has 3 fully saturated rings. The topological polar surface area (TPSA) is 319 Å². The molecule has 1 unspecified atom stereocenters. The smallest absolute Gasteiger partial charge is 0.426 e. The highest BCUT2D eigenvalue weighted by Crippen LogP contribution is 2.68. The van der Waals surface area contributed by atoms with Crippen LogP contribution in [0, 0.1) is 23.2 Å². The average Bonchev–Trinajstić information content (AvgIpc) is 1.46. The zero-order chi connectivity index (χ0) is 74.0. The molecule has 1 spiro atoms. The van der Waals surface area contributed by atoms with E-state index < -0.39 is 106 Å². The predicted octanol–water partition coefficient (Wildman–Crippen LogP) is 7.98. The number of methoxy groups -OCH3 is 2. The number of hydrazine groups is 1. The van der Waals surface area contributed by atoms with Crippen molar-refractivity contribution in [1.29, 1.82) is 0 Å². The largest absolute Gasteiger partial charge is 0.496 e. The first-order valence-corrected chi connectivity index (χ1v) is 40.1. The van der Waals surface area contributed by atoms with Gasteiger partial charge in [-0.25, -0.2) is 10.2 Å². The van der Waals surface area contributed by atoms with Crippen molar-refractivity contribution in [2.75, 3.05) is 95.1 Å². The molecule has 23 nitrogen and oxygen atoms in total. The Balaban J connectivity index is 0.697. The molecule has 26 heteroatoms. The Hall–Kier alpha value is -7.43. The number of anilines is 1. The number of nitrogens with one attached hydrogen (secondary N) is 5. The Bertz CT molecular complexity index is 4090. The van der Waals surface area contributed by atoms with Crippen molar-refractivity contribution in [3.05, 3.63) is 131 Å². The molecule has 6 heterocycles. The van der Waals surface area contributed by atoms with Crippen LogP contribution < -0.4 is 31.1 Å². The number of aliphatic hydroxyl groups is 3. The number of aromatic nitrogens is 1. The average molecular weight is 1480 g/mol. The van der Waals surface area contributed by atoms with Crippen molar-refractivity contribution < 1.29 is 73.0 Å². The SMILES string of the molecule is CC[C@]1(O)C[C@H]2CN(CCc3c([nH]c4ccccc34)[C@@](C(=O)OC)(c3cc4c(cc3OC)N(C)[C@H]3[C@@](O)(C(=O)NNC(=O)OCCSSCCCC(=O)[C@H](CNC(=O)CCSCC5c6ccccc6-c6ccccc65)NC(=O)[C@H](CC(=O)O)CC(=O)C(C)C)[C@H](O)[C@]5(CC)C=CCN6CC[C@]43[C@@H]65)C2)C1. The van der Waals surface area contributed by atoms with E-state index in [1.807, 2.05) is 85.5 Å². The van der Waals surface area contributed by atoms with Gasteiger partial charge in [0.1, 0.15) is 35.7 Å². The number of aliphatic carboxylic acids is 1. The quantitative estimate of drug-likeness (QED) is 0.00720. The molecule has 5 aromatic rings. The van der Waals surface area contributed by atoms with E-state index in [0.29, 0.717) is 105 Å². The zero-order valence-electron chi connectivity index (χ0n) is 60.3. The summed E-state index contributed by atoms with van der Waals surface area (Å²) in [5.41, 5.74) is 6.64. The Morgan fingerprint density at radius 2 is 1.53 bits per heavy atom. The van der Waals surface area contributed by atoms with Crippen LogP contribution in [0.3, 0.4) is 0 Å². The fourth-order valence-corrected chi connectivity index (χ4v) is 21.6. The van der Waals surface area contributed by atoms with E-state index in [1.165, 1.54) is 51.0 Å². The molecule has 2 saturated heterocycles. The number of Topliss-reactive ketones (excluding diaryl/α,β-unsaturated/α-hetero) is 2. The molecular formula is C78H98N8O15S3. The third-order valence-electron chi connectivity index (χ3n) is 23.4.